The van der Waals surface area contributed by atoms with Gasteiger partial charge in [-0.3, -0.25) is 5.32 Å². The van der Waals surface area contributed by atoms with Crippen LogP contribution in [0.2, 0.25) is 0 Å². The third-order valence-electron chi connectivity index (χ3n) is 2.43. The number of benzene rings is 2. The van der Waals surface area contributed by atoms with Crippen molar-refractivity contribution in [3.63, 3.8) is 0 Å². The Kier molecular flexibility index (Phi) is 3.76. The van der Waals surface area contributed by atoms with Crippen LogP contribution in [0.15, 0.2) is 54.6 Å². The number of anilines is 1. The largest absolute Gasteiger partial charge is 0.465 e. The van der Waals surface area contributed by atoms with Gasteiger partial charge in [0.1, 0.15) is 0 Å². The fourth-order valence-electron chi connectivity index (χ4n) is 1.56. The summed E-state index contributed by atoms with van der Waals surface area (Å²) in [6.45, 7) is 0. The van der Waals surface area contributed by atoms with Crippen molar-refractivity contribution >= 4 is 23.9 Å². The van der Waals surface area contributed by atoms with Gasteiger partial charge in [-0.05, 0) is 23.3 Å². The topological polar surface area (TPSA) is 49.3 Å². The van der Waals surface area contributed by atoms with Crippen LogP contribution < -0.4 is 5.32 Å². The number of carboxylic acid groups (broad SMARTS) is 1. The van der Waals surface area contributed by atoms with E-state index in [9.17, 15) is 4.79 Å². The van der Waals surface area contributed by atoms with Crippen LogP contribution in [0.5, 0.6) is 0 Å². The lowest BCUT2D eigenvalue weighted by atomic mass is 10.1. The molecule has 0 aliphatic carbocycles. The highest BCUT2D eigenvalue weighted by Crippen LogP contribution is 2.12. The Bertz CT molecular complexity index is 544. The molecule has 2 aromatic carbocycles. The Hall–Kier alpha value is -2.55. The molecule has 3 nitrogen and oxygen atoms in total. The zero-order valence-electron chi connectivity index (χ0n) is 9.71. The lowest BCUT2D eigenvalue weighted by molar-refractivity contribution is 0.210. The fourth-order valence-corrected chi connectivity index (χ4v) is 1.56. The van der Waals surface area contributed by atoms with Gasteiger partial charge in [-0.1, -0.05) is 54.6 Å². The van der Waals surface area contributed by atoms with E-state index in [-0.39, 0.29) is 0 Å². The molecule has 2 rings (SSSR count). The number of carbonyl (C=O) groups is 1. The van der Waals surface area contributed by atoms with Gasteiger partial charge >= 0.3 is 6.09 Å². The molecule has 0 radical (unpaired) electrons. The third kappa shape index (κ3) is 3.49. The number of nitrogens with one attached hydrogen (secondary N) is 1. The molecule has 0 saturated carbocycles. The Labute approximate surface area is 105 Å². The van der Waals surface area contributed by atoms with E-state index < -0.39 is 6.09 Å². The molecule has 0 unspecified atom stereocenters. The summed E-state index contributed by atoms with van der Waals surface area (Å²) in [6, 6.07) is 17.2. The summed E-state index contributed by atoms with van der Waals surface area (Å²) >= 11 is 0. The number of rotatable bonds is 3. The van der Waals surface area contributed by atoms with Crippen LogP contribution in [-0.2, 0) is 0 Å². The molecule has 0 atom stereocenters. The maximum absolute atomic E-state index is 10.4. The predicted octanol–water partition coefficient (Wildman–Crippen LogP) is 3.95. The van der Waals surface area contributed by atoms with Crippen LogP contribution in [0.25, 0.3) is 12.2 Å². The summed E-state index contributed by atoms with van der Waals surface area (Å²) in [5.41, 5.74) is 2.72. The molecule has 0 fully saturated rings. The van der Waals surface area contributed by atoms with Crippen LogP contribution in [0.3, 0.4) is 0 Å². The van der Waals surface area contributed by atoms with Crippen LogP contribution in [0.4, 0.5) is 10.5 Å². The maximum atomic E-state index is 10.4. The van der Waals surface area contributed by atoms with Crippen molar-refractivity contribution in [2.75, 3.05) is 5.32 Å². The van der Waals surface area contributed by atoms with Crippen molar-refractivity contribution in [2.45, 2.75) is 0 Å². The second kappa shape index (κ2) is 5.68. The Morgan fingerprint density at radius 1 is 0.889 bits per heavy atom. The minimum Gasteiger partial charge on any atom is -0.465 e. The highest BCUT2D eigenvalue weighted by atomic mass is 16.4. The first-order chi connectivity index (χ1) is 8.74. The Morgan fingerprint density at radius 3 is 2.00 bits per heavy atom. The zero-order valence-corrected chi connectivity index (χ0v) is 9.71. The second-order valence-corrected chi connectivity index (χ2v) is 3.80. The van der Waals surface area contributed by atoms with Crippen molar-refractivity contribution < 1.29 is 9.90 Å². The van der Waals surface area contributed by atoms with Gasteiger partial charge in [0.2, 0.25) is 0 Å². The summed E-state index contributed by atoms with van der Waals surface area (Å²) in [5.74, 6) is 0. The number of hydrogen-bond acceptors (Lipinski definition) is 1. The number of hydrogen-bond donors (Lipinski definition) is 2. The predicted molar refractivity (Wildman–Crippen MR) is 73.5 cm³/mol. The van der Waals surface area contributed by atoms with Gasteiger partial charge in [-0.25, -0.2) is 4.79 Å². The van der Waals surface area contributed by atoms with Crippen molar-refractivity contribution in [3.8, 4) is 0 Å². The molecule has 90 valence electrons. The first kappa shape index (κ1) is 11.9. The van der Waals surface area contributed by atoms with Gasteiger partial charge < -0.3 is 5.11 Å². The summed E-state index contributed by atoms with van der Waals surface area (Å²) in [5, 5.41) is 10.9. The van der Waals surface area contributed by atoms with Crippen LogP contribution >= 0.6 is 0 Å². The first-order valence-corrected chi connectivity index (χ1v) is 5.57. The summed E-state index contributed by atoms with van der Waals surface area (Å²) in [7, 11) is 0. The lowest BCUT2D eigenvalue weighted by Crippen LogP contribution is -2.06. The summed E-state index contributed by atoms with van der Waals surface area (Å²) in [4.78, 5) is 10.4. The van der Waals surface area contributed by atoms with Crippen LogP contribution in [0, 0.1) is 0 Å². The molecule has 2 N–H and O–H groups in total. The molecular formula is C15H13NO2. The van der Waals surface area contributed by atoms with E-state index in [1.165, 1.54) is 0 Å². The molecule has 0 heterocycles. The molecule has 0 bridgehead atoms. The van der Waals surface area contributed by atoms with E-state index >= 15 is 0 Å². The fraction of sp³-hybridized carbons (Fsp3) is 0. The molecule has 3 heteroatoms. The normalized spacial score (nSPS) is 10.4. The second-order valence-electron chi connectivity index (χ2n) is 3.80. The first-order valence-electron chi connectivity index (χ1n) is 5.57. The molecule has 0 saturated heterocycles. The van der Waals surface area contributed by atoms with Crippen molar-refractivity contribution in [1.29, 1.82) is 0 Å². The van der Waals surface area contributed by atoms with E-state index in [1.807, 2.05) is 54.6 Å². The minimum atomic E-state index is -1.05. The van der Waals surface area contributed by atoms with Gasteiger partial charge in [0.25, 0.3) is 0 Å². The maximum Gasteiger partial charge on any atom is 0.409 e. The molecule has 18 heavy (non-hydrogen) atoms. The van der Waals surface area contributed by atoms with E-state index in [2.05, 4.69) is 5.32 Å². The van der Waals surface area contributed by atoms with Crippen molar-refractivity contribution in [1.82, 2.24) is 0 Å². The van der Waals surface area contributed by atoms with Crippen LogP contribution in [-0.4, -0.2) is 11.2 Å². The average Bonchev–Trinajstić information content (AvgIpc) is 2.38. The molecule has 0 aromatic heterocycles. The van der Waals surface area contributed by atoms with E-state index in [4.69, 9.17) is 5.11 Å². The van der Waals surface area contributed by atoms with Gasteiger partial charge in [0.15, 0.2) is 0 Å². The third-order valence-corrected chi connectivity index (χ3v) is 2.43. The standard InChI is InChI=1S/C15H13NO2/c17-15(18)16-14-10-8-13(9-11-14)7-6-12-4-2-1-3-5-12/h1-11,16H,(H,17,18). The van der Waals surface area contributed by atoms with E-state index in [0.717, 1.165) is 11.1 Å². The molecule has 0 spiro atoms. The highest BCUT2D eigenvalue weighted by molar-refractivity contribution is 5.83. The monoisotopic (exact) mass is 239 g/mol. The average molecular weight is 239 g/mol. The Balaban J connectivity index is 2.06. The quantitative estimate of drug-likeness (QED) is 0.797. The smallest absolute Gasteiger partial charge is 0.409 e. The minimum absolute atomic E-state index is 0.569. The lowest BCUT2D eigenvalue weighted by Gasteiger charge is -2.00. The Morgan fingerprint density at radius 2 is 1.44 bits per heavy atom. The SMILES string of the molecule is O=C(O)Nc1ccc(C=Cc2ccccc2)cc1. The zero-order chi connectivity index (χ0) is 12.8. The molecule has 2 aromatic rings. The number of amides is 1. The van der Waals surface area contributed by atoms with Gasteiger partial charge in [-0.15, -0.1) is 0 Å². The van der Waals surface area contributed by atoms with Gasteiger partial charge in [0.05, 0.1) is 0 Å². The van der Waals surface area contributed by atoms with Crippen molar-refractivity contribution in [3.05, 3.63) is 65.7 Å². The summed E-state index contributed by atoms with van der Waals surface area (Å²) < 4.78 is 0. The van der Waals surface area contributed by atoms with Gasteiger partial charge in [-0.2, -0.15) is 0 Å². The van der Waals surface area contributed by atoms with Crippen molar-refractivity contribution in [2.24, 2.45) is 0 Å². The summed E-state index contributed by atoms with van der Waals surface area (Å²) in [6.07, 6.45) is 2.95. The van der Waals surface area contributed by atoms with E-state index in [0.29, 0.717) is 5.69 Å². The van der Waals surface area contributed by atoms with Crippen LogP contribution in [0.1, 0.15) is 11.1 Å². The molecular weight excluding hydrogens is 226 g/mol. The molecule has 0 aliphatic rings. The highest BCUT2D eigenvalue weighted by Gasteiger charge is 1.96. The molecule has 1 amide bonds. The van der Waals surface area contributed by atoms with E-state index in [1.54, 1.807) is 12.1 Å². The molecule has 0 aliphatic heterocycles. The van der Waals surface area contributed by atoms with Gasteiger partial charge in [0, 0.05) is 5.69 Å².